The lowest BCUT2D eigenvalue weighted by molar-refractivity contribution is -0.203. The van der Waals surface area contributed by atoms with Crippen LogP contribution in [0.15, 0.2) is 0 Å². The highest BCUT2D eigenvalue weighted by Crippen LogP contribution is 2.09. The number of nitrogens with zero attached hydrogens (tertiary/aromatic N) is 1. The van der Waals surface area contributed by atoms with Gasteiger partial charge in [0.2, 0.25) is 0 Å². The van der Waals surface area contributed by atoms with Gasteiger partial charge in [0.15, 0.2) is 0 Å². The summed E-state index contributed by atoms with van der Waals surface area (Å²) in [7, 11) is 0. The summed E-state index contributed by atoms with van der Waals surface area (Å²) < 4.78 is 4.19. The maximum Gasteiger partial charge on any atom is 0.413 e. The van der Waals surface area contributed by atoms with Gasteiger partial charge in [0.25, 0.3) is 0 Å². The van der Waals surface area contributed by atoms with Crippen molar-refractivity contribution in [2.45, 2.75) is 25.7 Å². The van der Waals surface area contributed by atoms with Gasteiger partial charge in [-0.25, -0.2) is 4.79 Å². The zero-order valence-electron chi connectivity index (χ0n) is 6.77. The van der Waals surface area contributed by atoms with Crippen molar-refractivity contribution >= 4 is 6.09 Å². The third-order valence-corrected chi connectivity index (χ3v) is 1.82. The normalized spacial score (nSPS) is 18.1. The molecule has 1 aliphatic rings. The molecule has 5 nitrogen and oxygen atoms in total. The van der Waals surface area contributed by atoms with E-state index in [9.17, 15) is 4.79 Å². The zero-order valence-corrected chi connectivity index (χ0v) is 6.77. The molecule has 12 heavy (non-hydrogen) atoms. The van der Waals surface area contributed by atoms with Crippen LogP contribution in [0.1, 0.15) is 19.3 Å². The molecule has 1 heterocycles. The van der Waals surface area contributed by atoms with Gasteiger partial charge >= 0.3 is 12.6 Å². The fourth-order valence-corrected chi connectivity index (χ4v) is 1.24. The number of likely N-dealkylation sites (tertiary alicyclic amines) is 1. The van der Waals surface area contributed by atoms with Gasteiger partial charge in [-0.15, -0.1) is 0 Å². The predicted molar refractivity (Wildman–Crippen MR) is 40.1 cm³/mol. The first-order valence-corrected chi connectivity index (χ1v) is 4.02. The topological polar surface area (TPSA) is 70.0 Å². The Hall–Kier alpha value is -0.810. The molecule has 2 N–H and O–H groups in total. The molecule has 0 aromatic carbocycles. The number of aliphatic hydroxyl groups excluding tert-OH is 1. The molecule has 1 aliphatic heterocycles. The van der Waals surface area contributed by atoms with Crippen LogP contribution in [-0.4, -0.2) is 40.8 Å². The van der Waals surface area contributed by atoms with Crippen LogP contribution in [0.5, 0.6) is 0 Å². The molecule has 5 heteroatoms. The van der Waals surface area contributed by atoms with E-state index < -0.39 is 12.6 Å². The Kier molecular flexibility index (Phi) is 3.31. The van der Waals surface area contributed by atoms with Crippen molar-refractivity contribution in [2.75, 3.05) is 13.1 Å². The molecule has 0 spiro atoms. The Morgan fingerprint density at radius 3 is 2.33 bits per heavy atom. The summed E-state index contributed by atoms with van der Waals surface area (Å²) in [6, 6.07) is 0. The predicted octanol–water partition coefficient (Wildman–Crippen LogP) is -0.123. The lowest BCUT2D eigenvalue weighted by Crippen LogP contribution is -2.37. The van der Waals surface area contributed by atoms with Crippen molar-refractivity contribution in [3.8, 4) is 0 Å². The van der Waals surface area contributed by atoms with Crippen LogP contribution in [0.25, 0.3) is 0 Å². The second kappa shape index (κ2) is 4.27. The molecule has 1 saturated heterocycles. The van der Waals surface area contributed by atoms with Crippen LogP contribution >= 0.6 is 0 Å². The van der Waals surface area contributed by atoms with Gasteiger partial charge in [0, 0.05) is 13.1 Å². The van der Waals surface area contributed by atoms with E-state index in [1.165, 1.54) is 4.90 Å². The van der Waals surface area contributed by atoms with Gasteiger partial charge < -0.3 is 19.8 Å². The third kappa shape index (κ3) is 2.67. The molecule has 1 rings (SSSR count). The summed E-state index contributed by atoms with van der Waals surface area (Å²) in [5, 5.41) is 16.7. The van der Waals surface area contributed by atoms with E-state index in [-0.39, 0.29) is 0 Å². The first-order chi connectivity index (χ1) is 5.70. The summed E-state index contributed by atoms with van der Waals surface area (Å²) in [6.07, 6.45) is 2.38. The number of hydrogen-bond donors (Lipinski definition) is 2. The minimum absolute atomic E-state index is 0.644. The monoisotopic (exact) mass is 175 g/mol. The number of amides is 1. The largest absolute Gasteiger partial charge is 0.413 e. The van der Waals surface area contributed by atoms with Gasteiger partial charge in [0.1, 0.15) is 0 Å². The first kappa shape index (κ1) is 9.28. The second-order valence-corrected chi connectivity index (χ2v) is 2.76. The maximum absolute atomic E-state index is 11.0. The number of carbonyl (C=O) groups excluding carboxylic acids is 1. The molecule has 0 bridgehead atoms. The fraction of sp³-hybridized carbons (Fsp3) is 0.857. The van der Waals surface area contributed by atoms with Crippen LogP contribution in [-0.2, 0) is 4.74 Å². The SMILES string of the molecule is O=C(OC(O)O)N1CCCCC1. The van der Waals surface area contributed by atoms with Crippen LogP contribution in [0.3, 0.4) is 0 Å². The first-order valence-electron chi connectivity index (χ1n) is 4.02. The molecular weight excluding hydrogens is 162 g/mol. The van der Waals surface area contributed by atoms with Gasteiger partial charge in [-0.1, -0.05) is 0 Å². The number of carbonyl (C=O) groups is 1. The summed E-state index contributed by atoms with van der Waals surface area (Å²) in [5.74, 6) is 0. The molecule has 1 fully saturated rings. The third-order valence-electron chi connectivity index (χ3n) is 1.82. The minimum atomic E-state index is -2.00. The number of ether oxygens (including phenoxy) is 1. The highest BCUT2D eigenvalue weighted by molar-refractivity contribution is 5.67. The highest BCUT2D eigenvalue weighted by atomic mass is 16.8. The Balaban J connectivity index is 2.30. The molecule has 0 aliphatic carbocycles. The highest BCUT2D eigenvalue weighted by Gasteiger charge is 2.19. The van der Waals surface area contributed by atoms with Crippen molar-refractivity contribution in [3.05, 3.63) is 0 Å². The molecule has 0 aromatic rings. The van der Waals surface area contributed by atoms with Gasteiger partial charge in [0.05, 0.1) is 0 Å². The van der Waals surface area contributed by atoms with Crippen LogP contribution in [0, 0.1) is 0 Å². The van der Waals surface area contributed by atoms with Crippen LogP contribution < -0.4 is 0 Å². The molecule has 0 radical (unpaired) electrons. The van der Waals surface area contributed by atoms with E-state index in [1.54, 1.807) is 0 Å². The maximum atomic E-state index is 11.0. The van der Waals surface area contributed by atoms with Crippen molar-refractivity contribution in [2.24, 2.45) is 0 Å². The fourth-order valence-electron chi connectivity index (χ4n) is 1.24. The lowest BCUT2D eigenvalue weighted by atomic mass is 10.1. The average molecular weight is 175 g/mol. The van der Waals surface area contributed by atoms with Gasteiger partial charge in [-0.2, -0.15) is 0 Å². The van der Waals surface area contributed by atoms with E-state index >= 15 is 0 Å². The van der Waals surface area contributed by atoms with Gasteiger partial charge in [-0.05, 0) is 19.3 Å². The van der Waals surface area contributed by atoms with E-state index in [4.69, 9.17) is 10.2 Å². The van der Waals surface area contributed by atoms with Gasteiger partial charge in [-0.3, -0.25) is 0 Å². The van der Waals surface area contributed by atoms with E-state index in [2.05, 4.69) is 4.74 Å². The summed E-state index contributed by atoms with van der Waals surface area (Å²) in [4.78, 5) is 12.5. The molecule has 1 amide bonds. The average Bonchev–Trinajstić information content (AvgIpc) is 2.05. The van der Waals surface area contributed by atoms with Crippen molar-refractivity contribution in [3.63, 3.8) is 0 Å². The molecule has 70 valence electrons. The summed E-state index contributed by atoms with van der Waals surface area (Å²) in [5.41, 5.74) is 0. The van der Waals surface area contributed by atoms with Crippen LogP contribution in [0.4, 0.5) is 4.79 Å². The smallest absolute Gasteiger partial charge is 0.394 e. The minimum Gasteiger partial charge on any atom is -0.394 e. The Bertz CT molecular complexity index is 153. The molecule has 0 unspecified atom stereocenters. The summed E-state index contributed by atoms with van der Waals surface area (Å²) in [6.45, 7) is -0.712. The Labute approximate surface area is 70.5 Å². The number of aliphatic hydroxyl groups is 2. The summed E-state index contributed by atoms with van der Waals surface area (Å²) >= 11 is 0. The molecular formula is C7H13NO4. The van der Waals surface area contributed by atoms with Crippen molar-refractivity contribution in [1.29, 1.82) is 0 Å². The second-order valence-electron chi connectivity index (χ2n) is 2.76. The van der Waals surface area contributed by atoms with Crippen molar-refractivity contribution in [1.82, 2.24) is 4.90 Å². The van der Waals surface area contributed by atoms with Crippen LogP contribution in [0.2, 0.25) is 0 Å². The Morgan fingerprint density at radius 1 is 1.25 bits per heavy atom. The molecule has 0 atom stereocenters. The lowest BCUT2D eigenvalue weighted by Gasteiger charge is -2.25. The Morgan fingerprint density at radius 2 is 1.83 bits per heavy atom. The van der Waals surface area contributed by atoms with Crippen molar-refractivity contribution < 1.29 is 19.7 Å². The number of hydrogen-bond acceptors (Lipinski definition) is 4. The molecule has 0 aromatic heterocycles. The number of rotatable bonds is 1. The number of piperidine rings is 1. The zero-order chi connectivity index (χ0) is 8.97. The van der Waals surface area contributed by atoms with E-state index in [0.717, 1.165) is 19.3 Å². The quantitative estimate of drug-likeness (QED) is 0.545. The van der Waals surface area contributed by atoms with E-state index in [1.807, 2.05) is 0 Å². The van der Waals surface area contributed by atoms with E-state index in [0.29, 0.717) is 13.1 Å². The standard InChI is InChI=1S/C7H13NO4/c9-6(12-7(10)11)8-4-2-1-3-5-8/h7,10-11H,1-5H2. The molecule has 0 saturated carbocycles.